The number of hydrogen-bond donors (Lipinski definition) is 2. The van der Waals surface area contributed by atoms with Crippen molar-refractivity contribution in [2.75, 3.05) is 24.6 Å². The van der Waals surface area contributed by atoms with E-state index in [1.165, 1.54) is 6.92 Å². The van der Waals surface area contributed by atoms with Crippen LogP contribution in [0.25, 0.3) is 0 Å². The number of aliphatic carboxylic acids is 1. The molecule has 1 unspecified atom stereocenters. The van der Waals surface area contributed by atoms with Crippen LogP contribution in [0.4, 0.5) is 5.69 Å². The summed E-state index contributed by atoms with van der Waals surface area (Å²) in [6, 6.07) is 6.59. The molecule has 0 spiro atoms. The fourth-order valence-electron chi connectivity index (χ4n) is 2.24. The maximum atomic E-state index is 11.2. The molecule has 0 saturated carbocycles. The number of carboxylic acids is 1. The molecule has 20 heavy (non-hydrogen) atoms. The molecule has 1 heterocycles. The average molecular weight is 278 g/mol. The van der Waals surface area contributed by atoms with Crippen molar-refractivity contribution in [3.63, 3.8) is 0 Å². The molecule has 108 valence electrons. The average Bonchev–Trinajstić information content (AvgIpc) is 2.60. The molecule has 1 aromatic rings. The first-order chi connectivity index (χ1) is 9.58. The standard InChI is InChI=1S/C14H18N2O4/c1-10(17)15-11(14(18)19)9-16-7-4-8-20-13-6-3-2-5-12(13)16/h2-3,5-6,11H,4,7-9H2,1H3,(H,15,17)(H,18,19). The van der Waals surface area contributed by atoms with Gasteiger partial charge in [-0.25, -0.2) is 4.79 Å². The molecule has 0 aromatic heterocycles. The summed E-state index contributed by atoms with van der Waals surface area (Å²) in [5.41, 5.74) is 0.863. The molecule has 1 amide bonds. The monoisotopic (exact) mass is 278 g/mol. The van der Waals surface area contributed by atoms with Gasteiger partial charge in [0.25, 0.3) is 0 Å². The van der Waals surface area contributed by atoms with Gasteiger partial charge in [-0.15, -0.1) is 0 Å². The summed E-state index contributed by atoms with van der Waals surface area (Å²) in [5.74, 6) is -0.642. The SMILES string of the molecule is CC(=O)NC(CN1CCCOc2ccccc21)C(=O)O. The number of carbonyl (C=O) groups is 2. The van der Waals surface area contributed by atoms with Crippen molar-refractivity contribution in [2.45, 2.75) is 19.4 Å². The molecule has 0 saturated heterocycles. The molecule has 1 aliphatic rings. The largest absolute Gasteiger partial charge is 0.491 e. The van der Waals surface area contributed by atoms with Crippen molar-refractivity contribution in [3.05, 3.63) is 24.3 Å². The van der Waals surface area contributed by atoms with E-state index in [0.717, 1.165) is 17.9 Å². The first-order valence-electron chi connectivity index (χ1n) is 6.54. The van der Waals surface area contributed by atoms with Crippen LogP contribution < -0.4 is 15.0 Å². The van der Waals surface area contributed by atoms with Crippen LogP contribution in [0.2, 0.25) is 0 Å². The second-order valence-corrected chi connectivity index (χ2v) is 4.71. The third-order valence-corrected chi connectivity index (χ3v) is 3.11. The van der Waals surface area contributed by atoms with E-state index in [4.69, 9.17) is 4.74 Å². The number of hydrogen-bond acceptors (Lipinski definition) is 4. The Morgan fingerprint density at radius 3 is 2.90 bits per heavy atom. The van der Waals surface area contributed by atoms with Gasteiger partial charge in [0.2, 0.25) is 5.91 Å². The number of carbonyl (C=O) groups excluding carboxylic acids is 1. The number of fused-ring (bicyclic) bond motifs is 1. The van der Waals surface area contributed by atoms with Crippen LogP contribution in [-0.4, -0.2) is 42.7 Å². The summed E-state index contributed by atoms with van der Waals surface area (Å²) in [6.07, 6.45) is 0.807. The Balaban J connectivity index is 2.18. The van der Waals surface area contributed by atoms with E-state index in [0.29, 0.717) is 13.2 Å². The van der Waals surface area contributed by atoms with Crippen LogP contribution in [0.3, 0.4) is 0 Å². The molecule has 0 bridgehead atoms. The Bertz CT molecular complexity index is 504. The molecule has 1 aromatic carbocycles. The van der Waals surface area contributed by atoms with E-state index in [1.807, 2.05) is 29.2 Å². The Labute approximate surface area is 117 Å². The molecule has 0 radical (unpaired) electrons. The van der Waals surface area contributed by atoms with Gasteiger partial charge >= 0.3 is 5.97 Å². The molecular weight excluding hydrogens is 260 g/mol. The van der Waals surface area contributed by atoms with Crippen molar-refractivity contribution in [2.24, 2.45) is 0 Å². The van der Waals surface area contributed by atoms with Gasteiger partial charge < -0.3 is 20.1 Å². The molecule has 2 rings (SSSR count). The highest BCUT2D eigenvalue weighted by atomic mass is 16.5. The van der Waals surface area contributed by atoms with Gasteiger partial charge in [-0.1, -0.05) is 12.1 Å². The number of nitrogens with one attached hydrogen (secondary N) is 1. The first kappa shape index (κ1) is 14.2. The van der Waals surface area contributed by atoms with Crippen molar-refractivity contribution in [3.8, 4) is 5.75 Å². The van der Waals surface area contributed by atoms with Crippen LogP contribution in [0.5, 0.6) is 5.75 Å². The zero-order chi connectivity index (χ0) is 14.5. The Kier molecular flexibility index (Phi) is 4.45. The highest BCUT2D eigenvalue weighted by Crippen LogP contribution is 2.30. The topological polar surface area (TPSA) is 78.9 Å². The van der Waals surface area contributed by atoms with E-state index in [1.54, 1.807) is 0 Å². The lowest BCUT2D eigenvalue weighted by atomic mass is 10.2. The Morgan fingerprint density at radius 2 is 2.20 bits per heavy atom. The van der Waals surface area contributed by atoms with E-state index in [2.05, 4.69) is 5.32 Å². The second kappa shape index (κ2) is 6.27. The smallest absolute Gasteiger partial charge is 0.328 e. The van der Waals surface area contributed by atoms with Crippen molar-refractivity contribution in [1.29, 1.82) is 0 Å². The van der Waals surface area contributed by atoms with Crippen molar-refractivity contribution < 1.29 is 19.4 Å². The molecule has 6 nitrogen and oxygen atoms in total. The predicted octanol–water partition coefficient (Wildman–Crippen LogP) is 0.865. The van der Waals surface area contributed by atoms with Crippen LogP contribution in [-0.2, 0) is 9.59 Å². The quantitative estimate of drug-likeness (QED) is 0.854. The zero-order valence-electron chi connectivity index (χ0n) is 11.3. The number of nitrogens with zero attached hydrogens (tertiary/aromatic N) is 1. The van der Waals surface area contributed by atoms with Gasteiger partial charge in [0, 0.05) is 20.0 Å². The molecule has 0 fully saturated rings. The number of benzene rings is 1. The highest BCUT2D eigenvalue weighted by Gasteiger charge is 2.24. The normalized spacial score (nSPS) is 15.6. The minimum Gasteiger partial charge on any atom is -0.491 e. The molecule has 1 atom stereocenters. The van der Waals surface area contributed by atoms with Crippen LogP contribution in [0.15, 0.2) is 24.3 Å². The number of carboxylic acid groups (broad SMARTS) is 1. The summed E-state index contributed by atoms with van der Waals surface area (Å²) in [7, 11) is 0. The minimum absolute atomic E-state index is 0.218. The fraction of sp³-hybridized carbons (Fsp3) is 0.429. The van der Waals surface area contributed by atoms with Gasteiger partial charge in [0.1, 0.15) is 11.8 Å². The van der Waals surface area contributed by atoms with Crippen LogP contribution >= 0.6 is 0 Å². The van der Waals surface area contributed by atoms with Gasteiger partial charge in [-0.2, -0.15) is 0 Å². The molecule has 6 heteroatoms. The van der Waals surface area contributed by atoms with Crippen molar-refractivity contribution in [1.82, 2.24) is 5.32 Å². The third kappa shape index (κ3) is 3.40. The Hall–Kier alpha value is -2.24. The summed E-state index contributed by atoms with van der Waals surface area (Å²) >= 11 is 0. The predicted molar refractivity (Wildman–Crippen MR) is 74.0 cm³/mol. The van der Waals surface area contributed by atoms with Crippen LogP contribution in [0.1, 0.15) is 13.3 Å². The van der Waals surface area contributed by atoms with Gasteiger partial charge in [-0.3, -0.25) is 4.79 Å². The maximum Gasteiger partial charge on any atom is 0.328 e. The summed E-state index contributed by atoms with van der Waals surface area (Å²) < 4.78 is 5.63. The summed E-state index contributed by atoms with van der Waals surface area (Å²) in [4.78, 5) is 24.3. The van der Waals surface area contributed by atoms with Gasteiger partial charge in [-0.05, 0) is 18.6 Å². The molecular formula is C14H18N2O4. The number of amides is 1. The highest BCUT2D eigenvalue weighted by molar-refractivity contribution is 5.82. The minimum atomic E-state index is -1.04. The van der Waals surface area contributed by atoms with E-state index in [9.17, 15) is 14.7 Å². The lowest BCUT2D eigenvalue weighted by Crippen LogP contribution is -2.48. The number of para-hydroxylation sites is 2. The summed E-state index contributed by atoms with van der Waals surface area (Å²) in [5, 5.41) is 11.7. The van der Waals surface area contributed by atoms with E-state index < -0.39 is 12.0 Å². The van der Waals surface area contributed by atoms with Crippen LogP contribution in [0, 0.1) is 0 Å². The molecule has 1 aliphatic heterocycles. The van der Waals surface area contributed by atoms with E-state index in [-0.39, 0.29) is 12.5 Å². The third-order valence-electron chi connectivity index (χ3n) is 3.11. The number of ether oxygens (including phenoxy) is 1. The maximum absolute atomic E-state index is 11.2. The van der Waals surface area contributed by atoms with Gasteiger partial charge in [0.05, 0.1) is 12.3 Å². The van der Waals surface area contributed by atoms with E-state index >= 15 is 0 Å². The number of anilines is 1. The summed E-state index contributed by atoms with van der Waals surface area (Å²) in [6.45, 7) is 2.83. The Morgan fingerprint density at radius 1 is 1.45 bits per heavy atom. The van der Waals surface area contributed by atoms with Gasteiger partial charge in [0.15, 0.2) is 0 Å². The lowest BCUT2D eigenvalue weighted by molar-refractivity contribution is -0.141. The van der Waals surface area contributed by atoms with Crippen molar-refractivity contribution >= 4 is 17.6 Å². The lowest BCUT2D eigenvalue weighted by Gasteiger charge is -2.27. The number of rotatable bonds is 4. The molecule has 2 N–H and O–H groups in total. The fourth-order valence-corrected chi connectivity index (χ4v) is 2.24. The first-order valence-corrected chi connectivity index (χ1v) is 6.54. The second-order valence-electron chi connectivity index (χ2n) is 4.71. The zero-order valence-corrected chi connectivity index (χ0v) is 11.3. The molecule has 0 aliphatic carbocycles.